The number of carboxylic acid groups (broad SMARTS) is 1. The van der Waals surface area contributed by atoms with Crippen LogP contribution in [0.1, 0.15) is 22.8 Å². The summed E-state index contributed by atoms with van der Waals surface area (Å²) in [5.41, 5.74) is 0.150. The lowest BCUT2D eigenvalue weighted by Crippen LogP contribution is -2.27. The van der Waals surface area contributed by atoms with Crippen molar-refractivity contribution in [3.63, 3.8) is 0 Å². The van der Waals surface area contributed by atoms with E-state index in [1.54, 1.807) is 6.07 Å². The number of phenols is 1. The molecule has 34 nitrogen and oxygen atoms in total. The monoisotopic (exact) mass is 1290 g/mol. The highest BCUT2D eigenvalue weighted by Crippen LogP contribution is 2.38. The van der Waals surface area contributed by atoms with Crippen LogP contribution in [-0.2, 0) is 50.6 Å². The largest absolute Gasteiger partial charge is 0.504 e. The Morgan fingerprint density at radius 1 is 0.558 bits per heavy atom. The molecule has 0 fully saturated rings. The molecule has 0 aliphatic rings. The lowest BCUT2D eigenvalue weighted by atomic mass is 10.1. The van der Waals surface area contributed by atoms with E-state index in [1.807, 2.05) is 0 Å². The lowest BCUT2D eigenvalue weighted by molar-refractivity contribution is 0.0697. The van der Waals surface area contributed by atoms with E-state index < -0.39 is 162 Å². The molecule has 12 N–H and O–H groups in total. The van der Waals surface area contributed by atoms with E-state index in [0.717, 1.165) is 30.3 Å². The number of amidine groups is 1. The number of phenolic OH excluding ortho intramolecular Hbond substituents is 1. The van der Waals surface area contributed by atoms with Gasteiger partial charge in [-0.25, -0.2) is 4.79 Å². The molecule has 0 aliphatic heterocycles. The van der Waals surface area contributed by atoms with Crippen molar-refractivity contribution in [1.29, 1.82) is 0 Å². The van der Waals surface area contributed by atoms with E-state index in [2.05, 4.69) is 82.2 Å². The number of carboxylic acids is 1. The van der Waals surface area contributed by atoms with Gasteiger partial charge < -0.3 is 31.5 Å². The second-order valence-electron chi connectivity index (χ2n) is 17.2. The summed E-state index contributed by atoms with van der Waals surface area (Å²) in [6.45, 7) is 1.37. The molecule has 0 radical (unpaired) electrons. The first kappa shape index (κ1) is 62.2. The molecule has 41 heteroatoms. The van der Waals surface area contributed by atoms with Gasteiger partial charge in [0.1, 0.15) is 21.2 Å². The number of fused-ring (bicyclic) bond motifs is 1. The van der Waals surface area contributed by atoms with Crippen LogP contribution in [0.5, 0.6) is 5.75 Å². The van der Waals surface area contributed by atoms with Gasteiger partial charge in [0, 0.05) is 34.6 Å². The van der Waals surface area contributed by atoms with Gasteiger partial charge in [0.15, 0.2) is 5.75 Å². The topological polar surface area (TPSA) is 529 Å². The number of aromatic nitrogens is 6. The van der Waals surface area contributed by atoms with Crippen molar-refractivity contribution in [2.75, 3.05) is 33.2 Å². The van der Waals surface area contributed by atoms with E-state index in [-0.39, 0.29) is 35.4 Å². The second kappa shape index (κ2) is 24.4. The number of aromatic hydroxyl groups is 1. The number of azo groups is 2. The van der Waals surface area contributed by atoms with Crippen molar-refractivity contribution >= 4 is 131 Å². The summed E-state index contributed by atoms with van der Waals surface area (Å²) in [7, 11) is -25.6. The second-order valence-corrected chi connectivity index (χ2v) is 24.3. The predicted molar refractivity (Wildman–Crippen MR) is 294 cm³/mol. The summed E-state index contributed by atoms with van der Waals surface area (Å²) in [5.74, 6) is -4.56. The first-order valence-corrected chi connectivity index (χ1v) is 30.3. The Bertz CT molecular complexity index is 4730. The van der Waals surface area contributed by atoms with Gasteiger partial charge in [-0.15, -0.1) is 10.2 Å². The number of carbonyl (C=O) groups is 1. The average molecular weight is 1290 g/mol. The van der Waals surface area contributed by atoms with Gasteiger partial charge in [-0.1, -0.05) is 30.3 Å². The van der Waals surface area contributed by atoms with Crippen molar-refractivity contribution in [2.24, 2.45) is 25.6 Å². The molecule has 2 heterocycles. The number of nitrogens with one attached hydrogen (secondary N) is 5. The maximum atomic E-state index is 14.9. The molecule has 448 valence electrons. The number of anilines is 7. The van der Waals surface area contributed by atoms with Crippen LogP contribution in [0.15, 0.2) is 159 Å². The van der Waals surface area contributed by atoms with Crippen molar-refractivity contribution in [2.45, 2.75) is 37.4 Å². The van der Waals surface area contributed by atoms with Gasteiger partial charge in [0.25, 0.3) is 50.6 Å². The molecular weight excluding hydrogens is 1250 g/mol. The van der Waals surface area contributed by atoms with Crippen molar-refractivity contribution in [3.8, 4) is 5.75 Å². The number of rotatable bonds is 21. The van der Waals surface area contributed by atoms with Crippen molar-refractivity contribution < 1.29 is 88.6 Å². The van der Waals surface area contributed by atoms with Crippen LogP contribution in [0.2, 0.25) is 0 Å². The van der Waals surface area contributed by atoms with Crippen LogP contribution in [-0.4, -0.2) is 129 Å². The standard InChI is InChI=1S/C45H36F2N16O18S5/c1-21(20-48-42-52-40(46)54-44(56-42)50-23-7-9-24(10-8-23)58-59-25-13-30-31(35(14-25)85(76,77)78)15-27(83(70,71)72)19-36(30)86(79,80)81)49-43-53-41(47)55-45(57-43)51-33-17-28(84(73,74)75)18-34(37(33)64)61-63-38(22-5-3-2-4-6-22)62-60-32-16-26(82(67,68)69)11-12-29(32)39(65)66/h2-19,21,61,64H,20H2,1H3,(H,65,66)(H,67,68,69)(H,70,71,72)(H,73,74,75)(H,76,77,78)(H,79,80,81)(H2,48,50,52,54,56)(H2,49,51,53,55,57)/b59-58?,62-60?,63-38-. The van der Waals surface area contributed by atoms with Gasteiger partial charge in [0.2, 0.25) is 29.6 Å². The van der Waals surface area contributed by atoms with Crippen LogP contribution in [0.25, 0.3) is 10.8 Å². The molecule has 1 atom stereocenters. The number of hydrogen-bond acceptors (Lipinski definition) is 27. The third-order valence-corrected chi connectivity index (χ3v) is 15.4. The lowest BCUT2D eigenvalue weighted by Gasteiger charge is -2.16. The predicted octanol–water partition coefficient (Wildman–Crippen LogP) is 6.50. The molecule has 8 rings (SSSR count). The molecule has 2 aromatic heterocycles. The maximum absolute atomic E-state index is 14.9. The summed E-state index contributed by atoms with van der Waals surface area (Å²) in [6, 6.07) is 18.5. The minimum atomic E-state index is -5.29. The van der Waals surface area contributed by atoms with Crippen LogP contribution >= 0.6 is 0 Å². The zero-order valence-electron chi connectivity index (χ0n) is 42.5. The first-order valence-electron chi connectivity index (χ1n) is 23.1. The van der Waals surface area contributed by atoms with E-state index in [1.165, 1.54) is 55.5 Å². The fourth-order valence-electron chi connectivity index (χ4n) is 7.26. The zero-order chi connectivity index (χ0) is 62.7. The summed E-state index contributed by atoms with van der Waals surface area (Å²) < 4.78 is 200. The summed E-state index contributed by atoms with van der Waals surface area (Å²) in [5, 5.41) is 49.8. The number of nitrogens with zero attached hydrogens (tertiary/aromatic N) is 11. The third-order valence-electron chi connectivity index (χ3n) is 11.1. The fourth-order valence-corrected chi connectivity index (χ4v) is 10.3. The Labute approximate surface area is 481 Å². The van der Waals surface area contributed by atoms with E-state index in [4.69, 9.17) is 0 Å². The molecule has 0 spiro atoms. The van der Waals surface area contributed by atoms with Gasteiger partial charge in [-0.3, -0.25) is 28.2 Å². The van der Waals surface area contributed by atoms with Gasteiger partial charge in [-0.2, -0.15) is 96.1 Å². The smallest absolute Gasteiger partial charge is 0.337 e. The summed E-state index contributed by atoms with van der Waals surface area (Å²) in [6.07, 6.45) is -2.67. The number of hydrazone groups is 1. The minimum Gasteiger partial charge on any atom is -0.504 e. The van der Waals surface area contributed by atoms with Crippen molar-refractivity contribution in [3.05, 3.63) is 132 Å². The first-order chi connectivity index (χ1) is 40.2. The van der Waals surface area contributed by atoms with Crippen LogP contribution in [0.3, 0.4) is 0 Å². The quantitative estimate of drug-likeness (QED) is 0.00912. The molecule has 0 saturated heterocycles. The van der Waals surface area contributed by atoms with E-state index in [0.29, 0.717) is 24.3 Å². The molecule has 0 saturated carbocycles. The molecular formula is C45H36F2N16O18S5. The highest BCUT2D eigenvalue weighted by molar-refractivity contribution is 7.87. The average Bonchev–Trinajstić information content (AvgIpc) is 1.67. The fraction of sp³-hybridized carbons (Fsp3) is 0.0667. The number of aromatic carboxylic acids is 1. The van der Waals surface area contributed by atoms with Gasteiger partial charge >= 0.3 is 18.1 Å². The highest BCUT2D eigenvalue weighted by Gasteiger charge is 2.27. The number of benzene rings is 6. The molecule has 0 amide bonds. The zero-order valence-corrected chi connectivity index (χ0v) is 46.6. The summed E-state index contributed by atoms with van der Waals surface area (Å²) in [4.78, 5) is 29.4. The Balaban J connectivity index is 0.954. The minimum absolute atomic E-state index is 0.0659. The third kappa shape index (κ3) is 15.7. The van der Waals surface area contributed by atoms with Gasteiger partial charge in [-0.05, 0) is 85.8 Å². The Kier molecular flexibility index (Phi) is 17.6. The highest BCUT2D eigenvalue weighted by atomic mass is 32.2. The number of halogens is 2. The molecule has 86 heavy (non-hydrogen) atoms. The van der Waals surface area contributed by atoms with Gasteiger partial charge in [0.05, 0.1) is 37.3 Å². The number of hydrogen-bond donors (Lipinski definition) is 12. The molecule has 6 aromatic carbocycles. The summed E-state index contributed by atoms with van der Waals surface area (Å²) >= 11 is 0. The van der Waals surface area contributed by atoms with Crippen LogP contribution in [0, 0.1) is 12.2 Å². The SMILES string of the molecule is CC(CNc1nc(F)nc(Nc2ccc(N=Nc3cc(S(=O)(=O)O)c4cc(S(=O)(=O)O)cc(S(=O)(=O)O)c4c3)cc2)n1)Nc1nc(F)nc(Nc2cc(S(=O)(=O)O)cc(N/N=C(\N=Nc3cc(S(=O)(=O)O)ccc3C(=O)O)c3ccccc3)c2O)n1. The van der Waals surface area contributed by atoms with Crippen molar-refractivity contribution in [1.82, 2.24) is 29.9 Å². The van der Waals surface area contributed by atoms with E-state index in [9.17, 15) is 88.6 Å². The Morgan fingerprint density at radius 2 is 1.10 bits per heavy atom. The van der Waals surface area contributed by atoms with Crippen LogP contribution < -0.4 is 26.7 Å². The molecule has 0 aliphatic carbocycles. The normalized spacial score (nSPS) is 13.0. The Hall–Kier alpha value is -9.85. The Morgan fingerprint density at radius 3 is 1.72 bits per heavy atom. The maximum Gasteiger partial charge on any atom is 0.337 e. The molecule has 0 bridgehead atoms. The molecule has 1 unspecified atom stereocenters. The van der Waals surface area contributed by atoms with E-state index >= 15 is 0 Å². The molecule has 8 aromatic rings. The van der Waals surface area contributed by atoms with Crippen LogP contribution in [0.4, 0.5) is 66.7 Å².